The number of hydrogen-bond acceptors (Lipinski definition) is 7. The predicted molar refractivity (Wildman–Crippen MR) is 116 cm³/mol. The minimum absolute atomic E-state index is 0.285. The number of carbonyl (C=O) groups excluding carboxylic acids is 2. The molecule has 0 spiro atoms. The van der Waals surface area contributed by atoms with Crippen molar-refractivity contribution in [3.63, 3.8) is 0 Å². The minimum Gasteiger partial charge on any atom is -0.445 e. The molecule has 29 heavy (non-hydrogen) atoms. The van der Waals surface area contributed by atoms with Crippen LogP contribution in [0, 0.1) is 0 Å². The van der Waals surface area contributed by atoms with E-state index in [-0.39, 0.29) is 6.42 Å². The topological polar surface area (TPSA) is 81.2 Å². The molecule has 0 radical (unpaired) electrons. The molecule has 1 unspecified atom stereocenters. The molecule has 1 amide bonds. The van der Waals surface area contributed by atoms with Crippen LogP contribution in [0.5, 0.6) is 0 Å². The minimum atomic E-state index is -1.31. The van der Waals surface area contributed by atoms with Crippen molar-refractivity contribution in [1.29, 1.82) is 0 Å². The van der Waals surface area contributed by atoms with Gasteiger partial charge in [0.25, 0.3) is 5.91 Å². The van der Waals surface area contributed by atoms with Gasteiger partial charge in [0.05, 0.1) is 5.56 Å². The number of ether oxygens (including phenoxy) is 1. The molecule has 4 rings (SSSR count). The molecule has 9 heteroatoms. The van der Waals surface area contributed by atoms with E-state index in [0.717, 1.165) is 20.1 Å². The number of hydrogen-bond donors (Lipinski definition) is 1. The fourth-order valence-electron chi connectivity index (χ4n) is 2.96. The number of esters is 1. The van der Waals surface area contributed by atoms with Gasteiger partial charge in [-0.1, -0.05) is 69.4 Å². The summed E-state index contributed by atoms with van der Waals surface area (Å²) in [5, 5.41) is 11.3. The van der Waals surface area contributed by atoms with E-state index in [1.807, 2.05) is 36.4 Å². The molecule has 0 saturated heterocycles. The molecule has 1 atom stereocenters. The average molecular weight is 490 g/mol. The smallest absolute Gasteiger partial charge is 0.339 e. The monoisotopic (exact) mass is 489 g/mol. The normalized spacial score (nSPS) is 18.1. The van der Waals surface area contributed by atoms with Gasteiger partial charge in [0.15, 0.2) is 9.94 Å². The van der Waals surface area contributed by atoms with E-state index in [9.17, 15) is 9.59 Å². The number of nitrogens with zero attached hydrogens (tertiary/aromatic N) is 2. The molecule has 2 aromatic carbocycles. The molecule has 1 aliphatic heterocycles. The number of benzene rings is 2. The van der Waals surface area contributed by atoms with Crippen molar-refractivity contribution in [3.8, 4) is 0 Å². The number of fused-ring (bicyclic) bond motifs is 1. The molecule has 1 aromatic heterocycles. The Morgan fingerprint density at radius 3 is 2.86 bits per heavy atom. The number of rotatable bonds is 5. The van der Waals surface area contributed by atoms with Crippen LogP contribution in [-0.2, 0) is 21.7 Å². The first kappa shape index (κ1) is 20.1. The second-order valence-corrected chi connectivity index (χ2v) is 9.82. The second kappa shape index (κ2) is 8.25. The number of carbonyl (C=O) groups is 2. The van der Waals surface area contributed by atoms with Crippen molar-refractivity contribution in [1.82, 2.24) is 10.2 Å². The highest BCUT2D eigenvalue weighted by Gasteiger charge is 2.43. The Hall–Kier alpha value is -2.23. The van der Waals surface area contributed by atoms with E-state index < -0.39 is 17.5 Å². The fourth-order valence-corrected chi connectivity index (χ4v) is 5.07. The lowest BCUT2D eigenvalue weighted by Crippen LogP contribution is -2.48. The van der Waals surface area contributed by atoms with Crippen LogP contribution in [0.1, 0.15) is 28.4 Å². The maximum Gasteiger partial charge on any atom is 0.339 e. The maximum atomic E-state index is 12.9. The van der Waals surface area contributed by atoms with Crippen molar-refractivity contribution in [2.75, 3.05) is 5.32 Å². The number of nitrogens with one attached hydrogen (secondary N) is 1. The van der Waals surface area contributed by atoms with Crippen LogP contribution in [0.25, 0.3) is 0 Å². The van der Waals surface area contributed by atoms with Crippen LogP contribution in [0.3, 0.4) is 0 Å². The maximum absolute atomic E-state index is 12.9. The van der Waals surface area contributed by atoms with Gasteiger partial charge in [-0.2, -0.15) is 0 Å². The fraction of sp³-hybridized carbons (Fsp3) is 0.200. The molecule has 1 aliphatic rings. The quantitative estimate of drug-likeness (QED) is 0.317. The third-order valence-electron chi connectivity index (χ3n) is 4.45. The van der Waals surface area contributed by atoms with Crippen LogP contribution in [0.2, 0.25) is 0 Å². The lowest BCUT2D eigenvalue weighted by atomic mass is 9.89. The van der Waals surface area contributed by atoms with Gasteiger partial charge in [-0.15, -0.1) is 10.2 Å². The van der Waals surface area contributed by atoms with Gasteiger partial charge >= 0.3 is 5.97 Å². The van der Waals surface area contributed by atoms with Crippen LogP contribution in [0.4, 0.5) is 5.13 Å². The summed E-state index contributed by atoms with van der Waals surface area (Å²) in [6.45, 7) is 1.61. The number of anilines is 1. The van der Waals surface area contributed by atoms with E-state index in [2.05, 4.69) is 31.4 Å². The van der Waals surface area contributed by atoms with Crippen molar-refractivity contribution < 1.29 is 14.3 Å². The van der Waals surface area contributed by atoms with Gasteiger partial charge in [-0.25, -0.2) is 4.79 Å². The van der Waals surface area contributed by atoms with Crippen LogP contribution < -0.4 is 5.32 Å². The summed E-state index contributed by atoms with van der Waals surface area (Å²) in [4.78, 5) is 25.2. The molecule has 148 valence electrons. The molecule has 6 nitrogen and oxygen atoms in total. The van der Waals surface area contributed by atoms with E-state index in [1.165, 1.54) is 16.9 Å². The summed E-state index contributed by atoms with van der Waals surface area (Å²) in [6, 6.07) is 15.4. The lowest BCUT2D eigenvalue weighted by Gasteiger charge is -2.32. The zero-order chi connectivity index (χ0) is 20.4. The van der Waals surface area contributed by atoms with E-state index in [0.29, 0.717) is 10.7 Å². The third-order valence-corrected chi connectivity index (χ3v) is 6.98. The Morgan fingerprint density at radius 2 is 2.07 bits per heavy atom. The number of cyclic esters (lactones) is 1. The van der Waals surface area contributed by atoms with E-state index in [1.54, 1.807) is 30.8 Å². The first-order valence-electron chi connectivity index (χ1n) is 8.76. The summed E-state index contributed by atoms with van der Waals surface area (Å²) < 4.78 is 7.07. The van der Waals surface area contributed by atoms with Crippen LogP contribution in [0.15, 0.2) is 57.3 Å². The second-order valence-electron chi connectivity index (χ2n) is 6.70. The molecule has 0 fully saturated rings. The average Bonchev–Trinajstić information content (AvgIpc) is 3.14. The zero-order valence-electron chi connectivity index (χ0n) is 15.3. The molecular formula is C20H16BrN3O3S2. The lowest BCUT2D eigenvalue weighted by molar-refractivity contribution is -0.134. The molecule has 0 saturated carbocycles. The third kappa shape index (κ3) is 4.52. The highest BCUT2D eigenvalue weighted by Crippen LogP contribution is 2.33. The summed E-state index contributed by atoms with van der Waals surface area (Å²) >= 11 is 6.25. The Balaban J connectivity index is 1.43. The Kier molecular flexibility index (Phi) is 5.71. The molecule has 3 aromatic rings. The van der Waals surface area contributed by atoms with E-state index >= 15 is 0 Å². The van der Waals surface area contributed by atoms with Gasteiger partial charge in [-0.05, 0) is 36.2 Å². The summed E-state index contributed by atoms with van der Waals surface area (Å²) in [7, 11) is 0. The number of amides is 1. The van der Waals surface area contributed by atoms with Crippen molar-refractivity contribution >= 4 is 56.0 Å². The SMILES string of the molecule is CC1(C(=O)Nc2nnc(SCc3ccccc3)s2)Cc2cc(Br)ccc2C(=O)O1. The Morgan fingerprint density at radius 1 is 1.28 bits per heavy atom. The molecular weight excluding hydrogens is 474 g/mol. The van der Waals surface area contributed by atoms with Gasteiger partial charge in [0, 0.05) is 16.6 Å². The molecule has 2 heterocycles. The van der Waals surface area contributed by atoms with Crippen LogP contribution >= 0.6 is 39.0 Å². The van der Waals surface area contributed by atoms with Gasteiger partial charge in [0.2, 0.25) is 5.13 Å². The van der Waals surface area contributed by atoms with Gasteiger partial charge in [0.1, 0.15) is 0 Å². The van der Waals surface area contributed by atoms with Crippen molar-refractivity contribution in [2.45, 2.75) is 29.0 Å². The molecule has 0 aliphatic carbocycles. The Bertz CT molecular complexity index is 1070. The largest absolute Gasteiger partial charge is 0.445 e. The summed E-state index contributed by atoms with van der Waals surface area (Å²) in [5.41, 5.74) is 1.12. The number of halogens is 1. The van der Waals surface area contributed by atoms with Crippen molar-refractivity contribution in [2.24, 2.45) is 0 Å². The van der Waals surface area contributed by atoms with Crippen LogP contribution in [-0.4, -0.2) is 27.7 Å². The highest BCUT2D eigenvalue weighted by molar-refractivity contribution is 9.10. The highest BCUT2D eigenvalue weighted by atomic mass is 79.9. The van der Waals surface area contributed by atoms with Gasteiger partial charge in [-0.3, -0.25) is 10.1 Å². The van der Waals surface area contributed by atoms with Gasteiger partial charge < -0.3 is 4.74 Å². The predicted octanol–water partition coefficient (Wildman–Crippen LogP) is 4.70. The Labute approximate surface area is 184 Å². The number of aromatic nitrogens is 2. The summed E-state index contributed by atoms with van der Waals surface area (Å²) in [6.07, 6.45) is 0.285. The number of thioether (sulfide) groups is 1. The first-order chi connectivity index (χ1) is 13.9. The van der Waals surface area contributed by atoms with Crippen molar-refractivity contribution in [3.05, 3.63) is 69.7 Å². The van der Waals surface area contributed by atoms with E-state index in [4.69, 9.17) is 4.74 Å². The zero-order valence-corrected chi connectivity index (χ0v) is 18.6. The molecule has 0 bridgehead atoms. The molecule has 1 N–H and O–H groups in total. The summed E-state index contributed by atoms with van der Waals surface area (Å²) in [5.74, 6) is -0.162. The standard InChI is InChI=1S/C20H16BrN3O3S2/c1-20(10-13-9-14(21)7-8-15(13)16(25)27-20)17(26)22-18-23-24-19(29-18)28-11-12-5-3-2-4-6-12/h2-9H,10-11H2,1H3,(H,22,23,26). The first-order valence-corrected chi connectivity index (χ1v) is 11.4.